The van der Waals surface area contributed by atoms with Crippen LogP contribution in [0, 0.1) is 6.92 Å². The largest absolute Gasteiger partial charge is 0.481 e. The normalized spacial score (nSPS) is 15.8. The minimum Gasteiger partial charge on any atom is -0.481 e. The van der Waals surface area contributed by atoms with Crippen LogP contribution in [0.2, 0.25) is 0 Å². The fraction of sp³-hybridized carbons (Fsp3) is 0.409. The van der Waals surface area contributed by atoms with Crippen molar-refractivity contribution < 1.29 is 9.53 Å². The summed E-state index contributed by atoms with van der Waals surface area (Å²) in [4.78, 5) is 32.6. The zero-order valence-corrected chi connectivity index (χ0v) is 18.4. The molecule has 9 heteroatoms. The maximum Gasteiger partial charge on any atom is 0.268 e. The number of carbonyl (C=O) groups is 1. The summed E-state index contributed by atoms with van der Waals surface area (Å²) in [7, 11) is 1.53. The maximum atomic E-state index is 13.4. The number of nitrogens with zero attached hydrogens (tertiary/aromatic N) is 6. The Morgan fingerprint density at radius 1 is 1.23 bits per heavy atom. The van der Waals surface area contributed by atoms with Crippen LogP contribution in [0.25, 0.3) is 5.69 Å². The van der Waals surface area contributed by atoms with E-state index in [1.54, 1.807) is 42.4 Å². The van der Waals surface area contributed by atoms with Crippen LogP contribution in [0.5, 0.6) is 5.88 Å². The van der Waals surface area contributed by atoms with E-state index in [0.29, 0.717) is 30.2 Å². The summed E-state index contributed by atoms with van der Waals surface area (Å²) in [5.74, 6) is 2.05. The van der Waals surface area contributed by atoms with Gasteiger partial charge >= 0.3 is 0 Å². The number of carbonyl (C=O) groups excluding carboxylic acids is 1. The molecule has 4 heterocycles. The van der Waals surface area contributed by atoms with Gasteiger partial charge in [-0.15, -0.1) is 10.2 Å². The lowest BCUT2D eigenvalue weighted by Gasteiger charge is -2.33. The van der Waals surface area contributed by atoms with Gasteiger partial charge in [-0.05, 0) is 31.5 Å². The molecule has 0 aliphatic carbocycles. The van der Waals surface area contributed by atoms with Crippen LogP contribution < -0.4 is 10.3 Å². The highest BCUT2D eigenvalue weighted by atomic mass is 16.5. The zero-order valence-electron chi connectivity index (χ0n) is 18.4. The number of fused-ring (bicyclic) bond motifs is 1. The Labute approximate surface area is 180 Å². The van der Waals surface area contributed by atoms with E-state index in [1.165, 1.54) is 11.7 Å². The van der Waals surface area contributed by atoms with Crippen molar-refractivity contribution in [2.75, 3.05) is 13.7 Å². The number of aromatic nitrogens is 5. The van der Waals surface area contributed by atoms with E-state index in [1.807, 2.05) is 6.92 Å². The van der Waals surface area contributed by atoms with Crippen LogP contribution in [0.15, 0.2) is 35.4 Å². The van der Waals surface area contributed by atoms with Gasteiger partial charge in [-0.2, -0.15) is 0 Å². The van der Waals surface area contributed by atoms with Crippen LogP contribution in [0.1, 0.15) is 60.3 Å². The number of methoxy groups -OCH3 is 1. The van der Waals surface area contributed by atoms with E-state index in [2.05, 4.69) is 33.6 Å². The summed E-state index contributed by atoms with van der Waals surface area (Å²) in [6.45, 7) is 8.77. The lowest BCUT2D eigenvalue weighted by molar-refractivity contribution is 0.0676. The average molecular weight is 422 g/mol. The van der Waals surface area contributed by atoms with Crippen molar-refractivity contribution >= 4 is 5.91 Å². The average Bonchev–Trinajstić information content (AvgIpc) is 3.19. The Morgan fingerprint density at radius 3 is 2.65 bits per heavy atom. The number of rotatable bonds is 4. The van der Waals surface area contributed by atoms with Crippen LogP contribution in [-0.4, -0.2) is 48.8 Å². The van der Waals surface area contributed by atoms with Crippen molar-refractivity contribution in [1.82, 2.24) is 29.2 Å². The van der Waals surface area contributed by atoms with Crippen LogP contribution in [0.3, 0.4) is 0 Å². The highest BCUT2D eigenvalue weighted by Crippen LogP contribution is 2.26. The van der Waals surface area contributed by atoms with Crippen molar-refractivity contribution in [3.63, 3.8) is 0 Å². The number of aryl methyl sites for hydroxylation is 1. The molecule has 1 amide bonds. The fourth-order valence-corrected chi connectivity index (χ4v) is 3.99. The van der Waals surface area contributed by atoms with Gasteiger partial charge in [-0.3, -0.25) is 14.2 Å². The van der Waals surface area contributed by atoms with Gasteiger partial charge in [-0.25, -0.2) is 4.98 Å². The number of ether oxygens (including phenoxy) is 1. The molecule has 0 spiro atoms. The molecule has 0 aromatic carbocycles. The van der Waals surface area contributed by atoms with Gasteiger partial charge in [0.25, 0.3) is 11.5 Å². The number of hydrogen-bond donors (Lipinski definition) is 0. The summed E-state index contributed by atoms with van der Waals surface area (Å²) < 4.78 is 8.61. The lowest BCUT2D eigenvalue weighted by Crippen LogP contribution is -2.43. The monoisotopic (exact) mass is 422 g/mol. The molecule has 0 unspecified atom stereocenters. The first-order valence-corrected chi connectivity index (χ1v) is 10.3. The number of hydrogen-bond acceptors (Lipinski definition) is 6. The van der Waals surface area contributed by atoms with E-state index in [0.717, 1.165) is 11.6 Å². The fourth-order valence-electron chi connectivity index (χ4n) is 3.99. The Hall–Kier alpha value is -3.49. The third kappa shape index (κ3) is 3.60. The van der Waals surface area contributed by atoms with Crippen molar-refractivity contribution in [2.24, 2.45) is 0 Å². The topological polar surface area (TPSA) is 95.1 Å². The minimum atomic E-state index is -0.375. The zero-order chi connectivity index (χ0) is 22.3. The molecule has 9 nitrogen and oxygen atoms in total. The standard InChI is InChI=1S/C22H26N6O3/c1-13(2)20-25-24-17-12-26(11-15(4)28(17)20)21(29)19-14(3)8-9-27(22(19)30)16-6-7-18(31-5)23-10-16/h6-10,13,15H,11-12H2,1-5H3/t15-/m0/s1. The first-order chi connectivity index (χ1) is 14.8. The van der Waals surface area contributed by atoms with Gasteiger partial charge in [0.05, 0.1) is 31.6 Å². The Balaban J connectivity index is 1.69. The Bertz CT molecular complexity index is 1180. The molecule has 31 heavy (non-hydrogen) atoms. The molecule has 3 aromatic heterocycles. The molecular formula is C22H26N6O3. The van der Waals surface area contributed by atoms with E-state index in [4.69, 9.17) is 4.74 Å². The molecule has 0 N–H and O–H groups in total. The molecule has 1 aliphatic rings. The highest BCUT2D eigenvalue weighted by molar-refractivity contribution is 5.95. The second-order valence-corrected chi connectivity index (χ2v) is 8.14. The first kappa shape index (κ1) is 20.8. The second kappa shape index (κ2) is 7.98. The summed E-state index contributed by atoms with van der Waals surface area (Å²) in [5.41, 5.74) is 0.977. The van der Waals surface area contributed by atoms with Gasteiger partial charge in [0.15, 0.2) is 5.82 Å². The molecule has 0 bridgehead atoms. The second-order valence-electron chi connectivity index (χ2n) is 8.14. The predicted octanol–water partition coefficient (Wildman–Crippen LogP) is 2.48. The van der Waals surface area contributed by atoms with Crippen molar-refractivity contribution in [2.45, 2.75) is 46.2 Å². The third-order valence-corrected chi connectivity index (χ3v) is 5.58. The molecule has 1 aliphatic heterocycles. The van der Waals surface area contributed by atoms with Crippen molar-refractivity contribution in [3.8, 4) is 11.6 Å². The van der Waals surface area contributed by atoms with Crippen LogP contribution >= 0.6 is 0 Å². The molecule has 162 valence electrons. The molecule has 0 saturated carbocycles. The van der Waals surface area contributed by atoms with E-state index in [9.17, 15) is 9.59 Å². The molecule has 0 saturated heterocycles. The van der Waals surface area contributed by atoms with Crippen LogP contribution in [0.4, 0.5) is 0 Å². The van der Waals surface area contributed by atoms with Crippen molar-refractivity contribution in [1.29, 1.82) is 0 Å². The summed E-state index contributed by atoms with van der Waals surface area (Å²) >= 11 is 0. The first-order valence-electron chi connectivity index (χ1n) is 10.3. The third-order valence-electron chi connectivity index (χ3n) is 5.58. The summed E-state index contributed by atoms with van der Waals surface area (Å²) in [6, 6.07) is 5.20. The highest BCUT2D eigenvalue weighted by Gasteiger charge is 2.32. The molecule has 0 fully saturated rings. The summed E-state index contributed by atoms with van der Waals surface area (Å²) in [6.07, 6.45) is 3.20. The maximum absolute atomic E-state index is 13.4. The predicted molar refractivity (Wildman–Crippen MR) is 115 cm³/mol. The Kier molecular flexibility index (Phi) is 5.34. The lowest BCUT2D eigenvalue weighted by atomic mass is 10.1. The van der Waals surface area contributed by atoms with Gasteiger partial charge in [0, 0.05) is 24.7 Å². The van der Waals surface area contributed by atoms with E-state index < -0.39 is 0 Å². The Morgan fingerprint density at radius 2 is 2.00 bits per heavy atom. The molecule has 0 radical (unpaired) electrons. The van der Waals surface area contributed by atoms with Gasteiger partial charge < -0.3 is 14.2 Å². The van der Waals surface area contributed by atoms with Crippen molar-refractivity contribution in [3.05, 3.63) is 63.7 Å². The van der Waals surface area contributed by atoms with Gasteiger partial charge in [0.2, 0.25) is 5.88 Å². The minimum absolute atomic E-state index is 0.0251. The molecule has 1 atom stereocenters. The van der Waals surface area contributed by atoms with E-state index in [-0.39, 0.29) is 29.0 Å². The smallest absolute Gasteiger partial charge is 0.268 e. The molecular weight excluding hydrogens is 396 g/mol. The van der Waals surface area contributed by atoms with Crippen LogP contribution in [-0.2, 0) is 6.54 Å². The quantitative estimate of drug-likeness (QED) is 0.641. The summed E-state index contributed by atoms with van der Waals surface area (Å²) in [5, 5.41) is 8.61. The molecule has 3 aromatic rings. The molecule has 4 rings (SSSR count). The van der Waals surface area contributed by atoms with Gasteiger partial charge in [-0.1, -0.05) is 13.8 Å². The number of pyridine rings is 2. The number of amides is 1. The van der Waals surface area contributed by atoms with Gasteiger partial charge in [0.1, 0.15) is 11.4 Å². The van der Waals surface area contributed by atoms with E-state index >= 15 is 0 Å². The SMILES string of the molecule is COc1ccc(-n2ccc(C)c(C(=O)N3Cc4nnc(C(C)C)n4[C@@H](C)C3)c2=O)cn1.